The van der Waals surface area contributed by atoms with Crippen molar-refractivity contribution >= 4 is 27.7 Å². The molecule has 1 rings (SSSR count). The molecule has 5 heteroatoms. The van der Waals surface area contributed by atoms with Crippen LogP contribution in [0.15, 0.2) is 18.2 Å². The normalized spacial score (nSPS) is 12.2. The second kappa shape index (κ2) is 5.93. The van der Waals surface area contributed by atoms with Gasteiger partial charge < -0.3 is 10.2 Å². The number of carboxylic acids is 1. The molecule has 17 heavy (non-hydrogen) atoms. The molecule has 1 aromatic carbocycles. The van der Waals surface area contributed by atoms with Gasteiger partial charge in [-0.25, -0.2) is 4.79 Å². The number of alkyl halides is 1. The zero-order valence-electron chi connectivity index (χ0n) is 9.31. The Balaban J connectivity index is 3.24. The molecule has 1 atom stereocenters. The highest BCUT2D eigenvalue weighted by Gasteiger charge is 2.20. The molecule has 0 saturated carbocycles. The Bertz CT molecular complexity index is 442. The van der Waals surface area contributed by atoms with Crippen molar-refractivity contribution in [2.24, 2.45) is 0 Å². The van der Waals surface area contributed by atoms with Gasteiger partial charge in [-0.15, -0.1) is 0 Å². The summed E-state index contributed by atoms with van der Waals surface area (Å²) in [6.07, 6.45) is -1.26. The van der Waals surface area contributed by atoms with Gasteiger partial charge in [-0.2, -0.15) is 0 Å². The second-order valence-corrected chi connectivity index (χ2v) is 4.13. The number of halogens is 1. The Morgan fingerprint density at radius 3 is 2.53 bits per heavy atom. The number of carbonyl (C=O) groups excluding carboxylic acids is 1. The first kappa shape index (κ1) is 13.9. The Hall–Kier alpha value is -1.20. The number of hydrogen-bond acceptors (Lipinski definition) is 3. The SMILES string of the molecule is CCC(=O)c1ccc(CBr)c(C(O)C(=O)O)c1. The van der Waals surface area contributed by atoms with Crippen LogP contribution in [0.1, 0.15) is 40.9 Å². The number of ketones is 1. The third-order valence-corrected chi connectivity index (χ3v) is 3.07. The fourth-order valence-corrected chi connectivity index (χ4v) is 1.99. The summed E-state index contributed by atoms with van der Waals surface area (Å²) in [6.45, 7) is 1.73. The van der Waals surface area contributed by atoms with E-state index >= 15 is 0 Å². The average molecular weight is 301 g/mol. The summed E-state index contributed by atoms with van der Waals surface area (Å²) in [7, 11) is 0. The predicted octanol–water partition coefficient (Wildman–Crippen LogP) is 2.29. The van der Waals surface area contributed by atoms with E-state index in [2.05, 4.69) is 15.9 Å². The van der Waals surface area contributed by atoms with Gasteiger partial charge in [0.1, 0.15) is 0 Å². The van der Waals surface area contributed by atoms with Crippen molar-refractivity contribution < 1.29 is 19.8 Å². The van der Waals surface area contributed by atoms with Crippen LogP contribution in [0.25, 0.3) is 0 Å². The topological polar surface area (TPSA) is 74.6 Å². The van der Waals surface area contributed by atoms with E-state index in [4.69, 9.17) is 5.11 Å². The molecule has 1 unspecified atom stereocenters. The van der Waals surface area contributed by atoms with Crippen LogP contribution < -0.4 is 0 Å². The van der Waals surface area contributed by atoms with Crippen molar-refractivity contribution in [3.63, 3.8) is 0 Å². The van der Waals surface area contributed by atoms with Crippen LogP contribution in [0.5, 0.6) is 0 Å². The molecule has 4 nitrogen and oxygen atoms in total. The third kappa shape index (κ3) is 3.14. The summed E-state index contributed by atoms with van der Waals surface area (Å²) in [4.78, 5) is 22.3. The summed E-state index contributed by atoms with van der Waals surface area (Å²) >= 11 is 3.22. The lowest BCUT2D eigenvalue weighted by molar-refractivity contribution is -0.147. The molecular formula is C12H13BrO4. The molecule has 0 amide bonds. The van der Waals surface area contributed by atoms with Crippen molar-refractivity contribution in [2.45, 2.75) is 24.8 Å². The smallest absolute Gasteiger partial charge is 0.337 e. The van der Waals surface area contributed by atoms with E-state index < -0.39 is 12.1 Å². The fraction of sp³-hybridized carbons (Fsp3) is 0.333. The van der Waals surface area contributed by atoms with Crippen molar-refractivity contribution in [1.29, 1.82) is 0 Å². The molecule has 0 heterocycles. The molecule has 0 spiro atoms. The molecule has 0 aliphatic rings. The van der Waals surface area contributed by atoms with Gasteiger partial charge in [0, 0.05) is 17.3 Å². The van der Waals surface area contributed by atoms with E-state index in [9.17, 15) is 14.7 Å². The molecule has 0 aliphatic carbocycles. The van der Waals surface area contributed by atoms with E-state index in [1.54, 1.807) is 19.1 Å². The van der Waals surface area contributed by atoms with Crippen molar-refractivity contribution in [3.8, 4) is 0 Å². The molecule has 0 aromatic heterocycles. The summed E-state index contributed by atoms with van der Waals surface area (Å²) in [5.41, 5.74) is 1.34. The van der Waals surface area contributed by atoms with E-state index in [0.717, 1.165) is 0 Å². The molecule has 0 fully saturated rings. The highest BCUT2D eigenvalue weighted by molar-refractivity contribution is 9.08. The van der Waals surface area contributed by atoms with E-state index in [1.165, 1.54) is 6.07 Å². The highest BCUT2D eigenvalue weighted by Crippen LogP contribution is 2.23. The predicted molar refractivity (Wildman–Crippen MR) is 66.3 cm³/mol. The fourth-order valence-electron chi connectivity index (χ4n) is 1.48. The summed E-state index contributed by atoms with van der Waals surface area (Å²) < 4.78 is 0. The monoisotopic (exact) mass is 300 g/mol. The molecule has 2 N–H and O–H groups in total. The van der Waals surface area contributed by atoms with Crippen LogP contribution in [0, 0.1) is 0 Å². The maximum absolute atomic E-state index is 11.5. The minimum Gasteiger partial charge on any atom is -0.479 e. The van der Waals surface area contributed by atoms with Crippen LogP contribution in [0.2, 0.25) is 0 Å². The number of Topliss-reactive ketones (excluding diaryl/α,β-unsaturated/α-hetero) is 1. The number of aliphatic hydroxyl groups excluding tert-OH is 1. The summed E-state index contributed by atoms with van der Waals surface area (Å²) in [6, 6.07) is 4.74. The number of rotatable bonds is 5. The van der Waals surface area contributed by atoms with Gasteiger partial charge in [-0.05, 0) is 17.2 Å². The molecule has 0 aliphatic heterocycles. The highest BCUT2D eigenvalue weighted by atomic mass is 79.9. The van der Waals surface area contributed by atoms with Gasteiger partial charge in [-0.1, -0.05) is 35.0 Å². The van der Waals surface area contributed by atoms with E-state index in [1.807, 2.05) is 0 Å². The minimum absolute atomic E-state index is 0.0787. The number of aliphatic carboxylic acids is 1. The largest absolute Gasteiger partial charge is 0.479 e. The Labute approximate surface area is 107 Å². The quantitative estimate of drug-likeness (QED) is 0.646. The van der Waals surface area contributed by atoms with Gasteiger partial charge in [0.2, 0.25) is 0 Å². The van der Waals surface area contributed by atoms with Crippen LogP contribution in [-0.2, 0) is 10.1 Å². The standard InChI is InChI=1S/C12H13BrO4/c1-2-10(14)7-3-4-8(6-13)9(5-7)11(15)12(16)17/h3-5,11,15H,2,6H2,1H3,(H,16,17). The zero-order chi connectivity index (χ0) is 13.0. The van der Waals surface area contributed by atoms with Gasteiger partial charge in [0.15, 0.2) is 11.9 Å². The maximum atomic E-state index is 11.5. The van der Waals surface area contributed by atoms with Crippen molar-refractivity contribution in [3.05, 3.63) is 34.9 Å². The van der Waals surface area contributed by atoms with Crippen molar-refractivity contribution in [1.82, 2.24) is 0 Å². The summed E-state index contributed by atoms with van der Waals surface area (Å²) in [5, 5.41) is 18.8. The Morgan fingerprint density at radius 1 is 1.41 bits per heavy atom. The van der Waals surface area contributed by atoms with Gasteiger partial charge in [-0.3, -0.25) is 4.79 Å². The molecule has 0 radical (unpaired) electrons. The minimum atomic E-state index is -1.60. The third-order valence-electron chi connectivity index (χ3n) is 2.46. The molecule has 92 valence electrons. The van der Waals surface area contributed by atoms with Gasteiger partial charge in [0.05, 0.1) is 0 Å². The number of hydrogen-bond donors (Lipinski definition) is 2. The van der Waals surface area contributed by atoms with Crippen LogP contribution in [-0.4, -0.2) is 22.0 Å². The lowest BCUT2D eigenvalue weighted by Gasteiger charge is -2.12. The molecular weight excluding hydrogens is 288 g/mol. The lowest BCUT2D eigenvalue weighted by atomic mass is 9.98. The van der Waals surface area contributed by atoms with Crippen LogP contribution in [0.4, 0.5) is 0 Å². The number of carboxylic acid groups (broad SMARTS) is 1. The van der Waals surface area contributed by atoms with Gasteiger partial charge >= 0.3 is 5.97 Å². The molecule has 1 aromatic rings. The first-order chi connectivity index (χ1) is 8.01. The van der Waals surface area contributed by atoms with E-state index in [0.29, 0.717) is 22.9 Å². The van der Waals surface area contributed by atoms with Gasteiger partial charge in [0.25, 0.3) is 0 Å². The zero-order valence-corrected chi connectivity index (χ0v) is 10.9. The van der Waals surface area contributed by atoms with Crippen molar-refractivity contribution in [2.75, 3.05) is 0 Å². The first-order valence-electron chi connectivity index (χ1n) is 5.14. The summed E-state index contributed by atoms with van der Waals surface area (Å²) in [5.74, 6) is -1.40. The molecule has 0 bridgehead atoms. The number of carbonyl (C=O) groups is 2. The molecule has 0 saturated heterocycles. The maximum Gasteiger partial charge on any atom is 0.337 e. The second-order valence-electron chi connectivity index (χ2n) is 3.56. The van der Waals surface area contributed by atoms with E-state index in [-0.39, 0.29) is 11.3 Å². The Morgan fingerprint density at radius 2 is 2.06 bits per heavy atom. The Kier molecular flexibility index (Phi) is 4.84. The van der Waals surface area contributed by atoms with Crippen LogP contribution >= 0.6 is 15.9 Å². The van der Waals surface area contributed by atoms with Crippen LogP contribution in [0.3, 0.4) is 0 Å². The number of aliphatic hydroxyl groups is 1. The average Bonchev–Trinajstić information content (AvgIpc) is 2.35. The number of benzene rings is 1. The lowest BCUT2D eigenvalue weighted by Crippen LogP contribution is -2.13. The first-order valence-corrected chi connectivity index (χ1v) is 6.26.